The second kappa shape index (κ2) is 3.66. The van der Waals surface area contributed by atoms with Gasteiger partial charge in [-0.1, -0.05) is 19.1 Å². The fourth-order valence-electron chi connectivity index (χ4n) is 1.81. The van der Waals surface area contributed by atoms with Crippen molar-refractivity contribution in [3.05, 3.63) is 36.0 Å². The maximum atomic E-state index is 10.9. The largest absolute Gasteiger partial charge is 0.347 e. The summed E-state index contributed by atoms with van der Waals surface area (Å²) in [5.41, 5.74) is 1.84. The molecule has 1 aromatic carbocycles. The van der Waals surface area contributed by atoms with E-state index >= 15 is 0 Å². The van der Waals surface area contributed by atoms with Crippen LogP contribution in [0, 0.1) is 0 Å². The molecule has 0 aliphatic rings. The summed E-state index contributed by atoms with van der Waals surface area (Å²) in [5.74, 6) is 0. The predicted molar refractivity (Wildman–Crippen MR) is 57.6 cm³/mol. The van der Waals surface area contributed by atoms with E-state index in [4.69, 9.17) is 0 Å². The highest BCUT2D eigenvalue weighted by Gasteiger charge is 2.04. The molecular weight excluding hydrogens is 174 g/mol. The summed E-state index contributed by atoms with van der Waals surface area (Å²) in [6.45, 7) is 3.10. The van der Waals surface area contributed by atoms with Crippen LogP contribution in [0.25, 0.3) is 10.9 Å². The summed E-state index contributed by atoms with van der Waals surface area (Å²) in [6, 6.07) is 7.87. The number of aromatic nitrogens is 1. The highest BCUT2D eigenvalue weighted by molar-refractivity contribution is 5.96. The summed E-state index contributed by atoms with van der Waals surface area (Å²) in [7, 11) is 0. The van der Waals surface area contributed by atoms with Gasteiger partial charge in [-0.15, -0.1) is 0 Å². The van der Waals surface area contributed by atoms with Crippen LogP contribution in [0.1, 0.15) is 23.7 Å². The molecule has 0 bridgehead atoms. The Balaban J connectivity index is 2.67. The topological polar surface area (TPSA) is 22.0 Å². The molecule has 2 heteroatoms. The molecule has 1 heterocycles. The molecule has 2 rings (SSSR count). The number of carbonyl (C=O) groups excluding carboxylic acids is 1. The van der Waals surface area contributed by atoms with Gasteiger partial charge in [0.15, 0.2) is 6.29 Å². The smallest absolute Gasteiger partial charge is 0.152 e. The van der Waals surface area contributed by atoms with E-state index in [-0.39, 0.29) is 0 Å². The van der Waals surface area contributed by atoms with Crippen LogP contribution in [0.3, 0.4) is 0 Å². The van der Waals surface area contributed by atoms with Crippen LogP contribution in [-0.2, 0) is 6.54 Å². The average molecular weight is 187 g/mol. The van der Waals surface area contributed by atoms with Gasteiger partial charge in [-0.2, -0.15) is 0 Å². The van der Waals surface area contributed by atoms with Gasteiger partial charge in [-0.25, -0.2) is 0 Å². The third-order valence-corrected chi connectivity index (χ3v) is 2.41. The zero-order valence-electron chi connectivity index (χ0n) is 8.23. The van der Waals surface area contributed by atoms with Crippen molar-refractivity contribution in [2.75, 3.05) is 0 Å². The Bertz CT molecular complexity index is 456. The van der Waals surface area contributed by atoms with Crippen LogP contribution >= 0.6 is 0 Å². The van der Waals surface area contributed by atoms with Gasteiger partial charge in [0, 0.05) is 23.7 Å². The van der Waals surface area contributed by atoms with Gasteiger partial charge in [-0.3, -0.25) is 4.79 Å². The van der Waals surface area contributed by atoms with Crippen LogP contribution in [0.2, 0.25) is 0 Å². The number of benzene rings is 1. The molecule has 0 radical (unpaired) electrons. The number of aryl methyl sites for hydroxylation is 1. The second-order valence-corrected chi connectivity index (χ2v) is 3.41. The lowest BCUT2D eigenvalue weighted by molar-refractivity contribution is 0.112. The molecule has 2 aromatic rings. The third kappa shape index (κ3) is 1.33. The van der Waals surface area contributed by atoms with Gasteiger partial charge in [0.2, 0.25) is 0 Å². The summed E-state index contributed by atoms with van der Waals surface area (Å²) in [5, 5.41) is 1.14. The zero-order valence-corrected chi connectivity index (χ0v) is 8.23. The number of rotatable bonds is 3. The summed E-state index contributed by atoms with van der Waals surface area (Å²) < 4.78 is 2.14. The average Bonchev–Trinajstić information content (AvgIpc) is 2.62. The van der Waals surface area contributed by atoms with Crippen LogP contribution < -0.4 is 0 Å². The lowest BCUT2D eigenvalue weighted by Gasteiger charge is -2.04. The van der Waals surface area contributed by atoms with E-state index in [9.17, 15) is 4.79 Å². The van der Waals surface area contributed by atoms with Crippen LogP contribution in [0.5, 0.6) is 0 Å². The highest BCUT2D eigenvalue weighted by atomic mass is 16.1. The Morgan fingerprint density at radius 1 is 1.36 bits per heavy atom. The third-order valence-electron chi connectivity index (χ3n) is 2.41. The number of hydrogen-bond donors (Lipinski definition) is 0. The number of carbonyl (C=O) groups is 1. The second-order valence-electron chi connectivity index (χ2n) is 3.41. The molecule has 0 atom stereocenters. The molecule has 2 nitrogen and oxygen atoms in total. The fraction of sp³-hybridized carbons (Fsp3) is 0.250. The van der Waals surface area contributed by atoms with Crippen molar-refractivity contribution in [3.63, 3.8) is 0 Å². The molecule has 0 fully saturated rings. The van der Waals surface area contributed by atoms with Crippen LogP contribution in [0.4, 0.5) is 0 Å². The van der Waals surface area contributed by atoms with Gasteiger partial charge in [-0.05, 0) is 18.6 Å². The quantitative estimate of drug-likeness (QED) is 0.677. The molecular formula is C12H13NO. The fourth-order valence-corrected chi connectivity index (χ4v) is 1.81. The Morgan fingerprint density at radius 3 is 2.93 bits per heavy atom. The first-order chi connectivity index (χ1) is 6.86. The summed E-state index contributed by atoms with van der Waals surface area (Å²) >= 11 is 0. The molecule has 0 saturated carbocycles. The van der Waals surface area contributed by atoms with E-state index in [2.05, 4.69) is 17.6 Å². The first-order valence-electron chi connectivity index (χ1n) is 4.90. The van der Waals surface area contributed by atoms with E-state index in [1.165, 1.54) is 0 Å². The van der Waals surface area contributed by atoms with E-state index < -0.39 is 0 Å². The normalized spacial score (nSPS) is 10.6. The van der Waals surface area contributed by atoms with Gasteiger partial charge < -0.3 is 4.57 Å². The van der Waals surface area contributed by atoms with E-state index in [0.29, 0.717) is 0 Å². The predicted octanol–water partition coefficient (Wildman–Crippen LogP) is 2.86. The number of aldehydes is 1. The van der Waals surface area contributed by atoms with Gasteiger partial charge in [0.25, 0.3) is 0 Å². The molecule has 0 N–H and O–H groups in total. The Kier molecular flexibility index (Phi) is 2.35. The van der Waals surface area contributed by atoms with Crippen molar-refractivity contribution in [3.8, 4) is 0 Å². The molecule has 1 aromatic heterocycles. The number of nitrogens with zero attached hydrogens (tertiary/aromatic N) is 1. The number of fused-ring (bicyclic) bond motifs is 1. The van der Waals surface area contributed by atoms with Crippen LogP contribution in [0.15, 0.2) is 30.5 Å². The van der Waals surface area contributed by atoms with Crippen molar-refractivity contribution in [2.24, 2.45) is 0 Å². The lowest BCUT2D eigenvalue weighted by Crippen LogP contribution is -1.96. The Labute approximate surface area is 83.2 Å². The van der Waals surface area contributed by atoms with Crippen molar-refractivity contribution in [1.82, 2.24) is 4.57 Å². The standard InChI is InChI=1S/C12H13NO/c1-2-7-13-8-6-10-4-3-5-11(9-14)12(10)13/h3-6,8-9H,2,7H2,1H3. The maximum absolute atomic E-state index is 10.9. The molecule has 0 amide bonds. The lowest BCUT2D eigenvalue weighted by atomic mass is 10.1. The molecule has 14 heavy (non-hydrogen) atoms. The van der Waals surface area contributed by atoms with Crippen molar-refractivity contribution < 1.29 is 4.79 Å². The highest BCUT2D eigenvalue weighted by Crippen LogP contribution is 2.19. The SMILES string of the molecule is CCCn1ccc2cccc(C=O)c21. The molecule has 0 unspecified atom stereocenters. The molecule has 0 aliphatic heterocycles. The Hall–Kier alpha value is -1.57. The monoisotopic (exact) mass is 187 g/mol. The Morgan fingerprint density at radius 2 is 2.21 bits per heavy atom. The number of para-hydroxylation sites is 1. The summed E-state index contributed by atoms with van der Waals surface area (Å²) in [4.78, 5) is 10.9. The van der Waals surface area contributed by atoms with E-state index in [1.54, 1.807) is 0 Å². The van der Waals surface area contributed by atoms with Gasteiger partial charge >= 0.3 is 0 Å². The van der Waals surface area contributed by atoms with Crippen molar-refractivity contribution in [2.45, 2.75) is 19.9 Å². The molecule has 0 aliphatic carbocycles. The first-order valence-corrected chi connectivity index (χ1v) is 4.90. The summed E-state index contributed by atoms with van der Waals surface area (Å²) in [6.07, 6.45) is 4.05. The molecule has 72 valence electrons. The minimum atomic E-state index is 0.779. The minimum Gasteiger partial charge on any atom is -0.347 e. The minimum absolute atomic E-state index is 0.779. The number of hydrogen-bond acceptors (Lipinski definition) is 1. The van der Waals surface area contributed by atoms with Gasteiger partial charge in [0.1, 0.15) is 0 Å². The van der Waals surface area contributed by atoms with Crippen molar-refractivity contribution >= 4 is 17.2 Å². The van der Waals surface area contributed by atoms with Crippen molar-refractivity contribution in [1.29, 1.82) is 0 Å². The van der Waals surface area contributed by atoms with Gasteiger partial charge in [0.05, 0.1) is 5.52 Å². The zero-order chi connectivity index (χ0) is 9.97. The first kappa shape index (κ1) is 9.00. The molecule has 0 spiro atoms. The molecule has 0 saturated heterocycles. The van der Waals surface area contributed by atoms with E-state index in [1.807, 2.05) is 24.4 Å². The maximum Gasteiger partial charge on any atom is 0.152 e. The van der Waals surface area contributed by atoms with E-state index in [0.717, 1.165) is 35.7 Å². The van der Waals surface area contributed by atoms with Crippen LogP contribution in [-0.4, -0.2) is 10.9 Å².